The van der Waals surface area contributed by atoms with E-state index in [9.17, 15) is 14.4 Å². The van der Waals surface area contributed by atoms with Crippen molar-refractivity contribution < 1.29 is 14.4 Å². The zero-order valence-corrected chi connectivity index (χ0v) is 16.5. The van der Waals surface area contributed by atoms with Crippen molar-refractivity contribution in [2.24, 2.45) is 0 Å². The van der Waals surface area contributed by atoms with E-state index in [4.69, 9.17) is 0 Å². The van der Waals surface area contributed by atoms with Crippen molar-refractivity contribution in [3.05, 3.63) is 60.2 Å². The number of rotatable bonds is 6. The highest BCUT2D eigenvalue weighted by Gasteiger charge is 2.32. The number of carbonyl (C=O) groups excluding carboxylic acids is 3. The van der Waals surface area contributed by atoms with Crippen molar-refractivity contribution in [2.75, 3.05) is 25.0 Å². The number of benzene rings is 2. The number of amides is 3. The summed E-state index contributed by atoms with van der Waals surface area (Å²) in [5, 5.41) is 3.31. The Kier molecular flexibility index (Phi) is 5.53. The van der Waals surface area contributed by atoms with E-state index in [1.807, 2.05) is 54.6 Å². The van der Waals surface area contributed by atoms with E-state index in [0.29, 0.717) is 24.8 Å². The highest BCUT2D eigenvalue weighted by molar-refractivity contribution is 7.22. The zero-order chi connectivity index (χ0) is 20.2. The number of nitrogens with zero attached hydrogens (tertiary/aromatic N) is 3. The highest BCUT2D eigenvalue weighted by atomic mass is 32.1. The lowest BCUT2D eigenvalue weighted by Gasteiger charge is -2.33. The van der Waals surface area contributed by atoms with Crippen LogP contribution in [0.4, 0.5) is 5.13 Å². The molecule has 148 valence electrons. The van der Waals surface area contributed by atoms with E-state index in [2.05, 4.69) is 10.3 Å². The van der Waals surface area contributed by atoms with Crippen LogP contribution in [0.25, 0.3) is 10.2 Å². The second-order valence-corrected chi connectivity index (χ2v) is 7.82. The van der Waals surface area contributed by atoms with E-state index in [-0.39, 0.29) is 18.9 Å². The third-order valence-electron chi connectivity index (χ3n) is 4.76. The van der Waals surface area contributed by atoms with Gasteiger partial charge in [-0.2, -0.15) is 0 Å². The molecule has 0 spiro atoms. The highest BCUT2D eigenvalue weighted by Crippen LogP contribution is 2.25. The first-order valence-corrected chi connectivity index (χ1v) is 10.2. The minimum atomic E-state index is -0.556. The van der Waals surface area contributed by atoms with Crippen molar-refractivity contribution in [1.82, 2.24) is 14.8 Å². The minimum absolute atomic E-state index is 0.119. The second kappa shape index (κ2) is 8.40. The van der Waals surface area contributed by atoms with E-state index < -0.39 is 11.8 Å². The molecule has 29 heavy (non-hydrogen) atoms. The summed E-state index contributed by atoms with van der Waals surface area (Å²) in [4.78, 5) is 44.4. The van der Waals surface area contributed by atoms with Gasteiger partial charge in [-0.05, 0) is 17.7 Å². The number of thiazole rings is 1. The Labute approximate surface area is 171 Å². The summed E-state index contributed by atoms with van der Waals surface area (Å²) in [5.41, 5.74) is 1.82. The van der Waals surface area contributed by atoms with Crippen LogP contribution in [-0.2, 0) is 20.9 Å². The number of fused-ring (bicyclic) bond motifs is 1. The van der Waals surface area contributed by atoms with Gasteiger partial charge in [0.05, 0.1) is 10.2 Å². The average molecular weight is 408 g/mol. The maximum atomic E-state index is 12.4. The van der Waals surface area contributed by atoms with E-state index in [0.717, 1.165) is 15.8 Å². The first-order valence-electron chi connectivity index (χ1n) is 9.38. The molecule has 1 aliphatic rings. The molecule has 1 saturated heterocycles. The molecule has 0 atom stereocenters. The summed E-state index contributed by atoms with van der Waals surface area (Å²) in [6.07, 6.45) is 0.119. The monoisotopic (exact) mass is 408 g/mol. The minimum Gasteiger partial charge on any atom is -0.332 e. The number of carbonyl (C=O) groups is 3. The number of hydrogen-bond donors (Lipinski definition) is 1. The fraction of sp³-hybridized carbons (Fsp3) is 0.238. The normalized spacial score (nSPS) is 14.5. The topological polar surface area (TPSA) is 82.6 Å². The third-order valence-corrected chi connectivity index (χ3v) is 5.71. The first kappa shape index (κ1) is 19.1. The van der Waals surface area contributed by atoms with Gasteiger partial charge >= 0.3 is 11.8 Å². The third kappa shape index (κ3) is 4.43. The van der Waals surface area contributed by atoms with Crippen molar-refractivity contribution >= 4 is 44.4 Å². The lowest BCUT2D eigenvalue weighted by molar-refractivity contribution is -0.156. The predicted octanol–water partition coefficient (Wildman–Crippen LogP) is 2.50. The van der Waals surface area contributed by atoms with Crippen LogP contribution in [0.1, 0.15) is 12.0 Å². The lowest BCUT2D eigenvalue weighted by Crippen LogP contribution is -2.54. The van der Waals surface area contributed by atoms with Gasteiger partial charge in [-0.3, -0.25) is 14.4 Å². The molecule has 1 N–H and O–H groups in total. The molecule has 1 fully saturated rings. The first-order chi connectivity index (χ1) is 14.1. The maximum Gasteiger partial charge on any atom is 0.312 e. The standard InChI is InChI=1S/C21H20N4O3S/c26-18(23-21-22-16-8-4-5-9-17(16)29-21)10-11-24-12-13-25(20(28)19(24)27)14-15-6-2-1-3-7-15/h1-9H,10-14H2,(H,22,23,26). The van der Waals surface area contributed by atoms with Gasteiger partial charge in [-0.1, -0.05) is 53.8 Å². The van der Waals surface area contributed by atoms with E-state index in [1.165, 1.54) is 16.2 Å². The van der Waals surface area contributed by atoms with Gasteiger partial charge in [0, 0.05) is 32.6 Å². The van der Waals surface area contributed by atoms with Gasteiger partial charge in [-0.15, -0.1) is 0 Å². The van der Waals surface area contributed by atoms with Crippen LogP contribution in [0.2, 0.25) is 0 Å². The molecule has 0 radical (unpaired) electrons. The molecule has 0 unspecified atom stereocenters. The smallest absolute Gasteiger partial charge is 0.312 e. The summed E-state index contributed by atoms with van der Waals surface area (Å²) < 4.78 is 0.998. The summed E-state index contributed by atoms with van der Waals surface area (Å²) in [6, 6.07) is 17.2. The summed E-state index contributed by atoms with van der Waals surface area (Å²) in [6.45, 7) is 1.50. The molecule has 1 aliphatic heterocycles. The number of nitrogens with one attached hydrogen (secondary N) is 1. The number of piperazine rings is 1. The van der Waals surface area contributed by atoms with Crippen LogP contribution < -0.4 is 5.32 Å². The quantitative estimate of drug-likeness (QED) is 0.636. The van der Waals surface area contributed by atoms with Gasteiger partial charge in [0.2, 0.25) is 5.91 Å². The molecule has 3 aromatic rings. The van der Waals surface area contributed by atoms with Gasteiger partial charge in [0.25, 0.3) is 0 Å². The molecule has 2 aromatic carbocycles. The maximum absolute atomic E-state index is 12.4. The molecule has 0 aliphatic carbocycles. The number of anilines is 1. The fourth-order valence-electron chi connectivity index (χ4n) is 3.23. The molecule has 2 heterocycles. The molecule has 0 bridgehead atoms. The Balaban J connectivity index is 1.29. The molecule has 4 rings (SSSR count). The second-order valence-electron chi connectivity index (χ2n) is 6.79. The van der Waals surface area contributed by atoms with Crippen LogP contribution in [0, 0.1) is 0 Å². The van der Waals surface area contributed by atoms with Crippen LogP contribution in [-0.4, -0.2) is 52.1 Å². The SMILES string of the molecule is O=C(CCN1CCN(Cc2ccccc2)C(=O)C1=O)Nc1nc2ccccc2s1. The van der Waals surface area contributed by atoms with Crippen molar-refractivity contribution in [1.29, 1.82) is 0 Å². The molecular formula is C21H20N4O3S. The molecule has 1 aromatic heterocycles. The van der Waals surface area contributed by atoms with Crippen LogP contribution >= 0.6 is 11.3 Å². The van der Waals surface area contributed by atoms with Gasteiger partial charge in [0.15, 0.2) is 5.13 Å². The molecular weight excluding hydrogens is 388 g/mol. The number of hydrogen-bond acceptors (Lipinski definition) is 5. The van der Waals surface area contributed by atoms with Crippen molar-refractivity contribution in [2.45, 2.75) is 13.0 Å². The average Bonchev–Trinajstić information content (AvgIpc) is 3.14. The fourth-order valence-corrected chi connectivity index (χ4v) is 4.11. The largest absolute Gasteiger partial charge is 0.332 e. The number of aromatic nitrogens is 1. The Morgan fingerprint density at radius 1 is 0.966 bits per heavy atom. The predicted molar refractivity (Wildman–Crippen MR) is 111 cm³/mol. The van der Waals surface area contributed by atoms with Crippen LogP contribution in [0.3, 0.4) is 0 Å². The summed E-state index contributed by atoms with van der Waals surface area (Å²) in [5.74, 6) is -1.30. The lowest BCUT2D eigenvalue weighted by atomic mass is 10.2. The Morgan fingerprint density at radius 3 is 2.45 bits per heavy atom. The van der Waals surface area contributed by atoms with Crippen molar-refractivity contribution in [3.63, 3.8) is 0 Å². The van der Waals surface area contributed by atoms with E-state index >= 15 is 0 Å². The Hall–Kier alpha value is -3.26. The van der Waals surface area contributed by atoms with Gasteiger partial charge in [0.1, 0.15) is 0 Å². The molecule has 3 amide bonds. The molecule has 0 saturated carbocycles. The Bertz CT molecular complexity index is 1020. The van der Waals surface area contributed by atoms with Crippen molar-refractivity contribution in [3.8, 4) is 0 Å². The number of para-hydroxylation sites is 1. The summed E-state index contributed by atoms with van der Waals surface area (Å²) in [7, 11) is 0. The van der Waals surface area contributed by atoms with Gasteiger partial charge < -0.3 is 15.1 Å². The molecule has 7 nitrogen and oxygen atoms in total. The molecule has 8 heteroatoms. The zero-order valence-electron chi connectivity index (χ0n) is 15.7. The van der Waals surface area contributed by atoms with E-state index in [1.54, 1.807) is 4.90 Å². The van der Waals surface area contributed by atoms with Crippen LogP contribution in [0.15, 0.2) is 54.6 Å². The Morgan fingerprint density at radius 2 is 1.66 bits per heavy atom. The van der Waals surface area contributed by atoms with Crippen LogP contribution in [0.5, 0.6) is 0 Å². The summed E-state index contributed by atoms with van der Waals surface area (Å²) >= 11 is 1.40. The van der Waals surface area contributed by atoms with Gasteiger partial charge in [-0.25, -0.2) is 4.98 Å².